The van der Waals surface area contributed by atoms with E-state index in [0.717, 1.165) is 13.1 Å². The molecule has 7 heteroatoms. The summed E-state index contributed by atoms with van der Waals surface area (Å²) in [6.07, 6.45) is 3.46. The standard InChI is InChI=1S/C12H18N4O3/c1-14(2)3-4-15-8-10(6-13-15)16-7-9(12(18)19)5-11(16)17/h6,8-9H,3-5,7H2,1-2H3,(H,18,19)/t9-/m1/s1. The van der Waals surface area contributed by atoms with Crippen molar-refractivity contribution in [1.29, 1.82) is 0 Å². The zero-order valence-electron chi connectivity index (χ0n) is 11.1. The number of nitrogens with zero attached hydrogens (tertiary/aromatic N) is 4. The number of carboxylic acids is 1. The van der Waals surface area contributed by atoms with Crippen molar-refractivity contribution < 1.29 is 14.7 Å². The summed E-state index contributed by atoms with van der Waals surface area (Å²) in [5.74, 6) is -1.69. The van der Waals surface area contributed by atoms with E-state index in [4.69, 9.17) is 5.11 Å². The van der Waals surface area contributed by atoms with E-state index in [-0.39, 0.29) is 18.9 Å². The van der Waals surface area contributed by atoms with Gasteiger partial charge < -0.3 is 14.9 Å². The highest BCUT2D eigenvalue weighted by Crippen LogP contribution is 2.24. The third-order valence-electron chi connectivity index (χ3n) is 3.18. The molecule has 0 bridgehead atoms. The molecular weight excluding hydrogens is 248 g/mol. The van der Waals surface area contributed by atoms with Gasteiger partial charge in [0.1, 0.15) is 0 Å². The van der Waals surface area contributed by atoms with Crippen LogP contribution in [0, 0.1) is 5.92 Å². The van der Waals surface area contributed by atoms with Gasteiger partial charge in [0, 0.05) is 25.7 Å². The van der Waals surface area contributed by atoms with Crippen molar-refractivity contribution in [2.45, 2.75) is 13.0 Å². The molecule has 19 heavy (non-hydrogen) atoms. The highest BCUT2D eigenvalue weighted by molar-refractivity contribution is 5.98. The van der Waals surface area contributed by atoms with Crippen LogP contribution in [0.1, 0.15) is 6.42 Å². The fraction of sp³-hybridized carbons (Fsp3) is 0.583. The molecule has 1 aliphatic rings. The Hall–Kier alpha value is -1.89. The second kappa shape index (κ2) is 5.40. The molecule has 1 amide bonds. The first-order chi connectivity index (χ1) is 8.97. The minimum absolute atomic E-state index is 0.0677. The number of carbonyl (C=O) groups is 2. The van der Waals surface area contributed by atoms with Crippen LogP contribution >= 0.6 is 0 Å². The Morgan fingerprint density at radius 3 is 2.89 bits per heavy atom. The van der Waals surface area contributed by atoms with Gasteiger partial charge in [0.25, 0.3) is 0 Å². The Bertz CT molecular complexity index is 483. The van der Waals surface area contributed by atoms with Crippen LogP contribution in [0.2, 0.25) is 0 Å². The lowest BCUT2D eigenvalue weighted by molar-refractivity contribution is -0.141. The van der Waals surface area contributed by atoms with E-state index < -0.39 is 11.9 Å². The lowest BCUT2D eigenvalue weighted by atomic mass is 10.1. The monoisotopic (exact) mass is 266 g/mol. The average molecular weight is 266 g/mol. The molecule has 0 aliphatic carbocycles. The first-order valence-electron chi connectivity index (χ1n) is 6.17. The number of hydrogen-bond acceptors (Lipinski definition) is 4. The highest BCUT2D eigenvalue weighted by atomic mass is 16.4. The maximum Gasteiger partial charge on any atom is 0.308 e. The van der Waals surface area contributed by atoms with Crippen molar-refractivity contribution in [3.05, 3.63) is 12.4 Å². The maximum absolute atomic E-state index is 11.8. The van der Waals surface area contributed by atoms with E-state index in [2.05, 4.69) is 5.10 Å². The fourth-order valence-corrected chi connectivity index (χ4v) is 2.04. The summed E-state index contributed by atoms with van der Waals surface area (Å²) in [5.41, 5.74) is 0.674. The number of hydrogen-bond donors (Lipinski definition) is 1. The summed E-state index contributed by atoms with van der Waals surface area (Å²) in [4.78, 5) is 26.2. The molecule has 1 saturated heterocycles. The number of aliphatic carboxylic acids is 1. The van der Waals surface area contributed by atoms with Gasteiger partial charge >= 0.3 is 5.97 Å². The van der Waals surface area contributed by atoms with Crippen molar-refractivity contribution in [3.63, 3.8) is 0 Å². The second-order valence-electron chi connectivity index (χ2n) is 5.01. The predicted octanol–water partition coefficient (Wildman–Crippen LogP) is -0.118. The van der Waals surface area contributed by atoms with Crippen molar-refractivity contribution in [3.8, 4) is 0 Å². The van der Waals surface area contributed by atoms with Crippen molar-refractivity contribution in [1.82, 2.24) is 14.7 Å². The summed E-state index contributed by atoms with van der Waals surface area (Å²) in [6.45, 7) is 1.82. The highest BCUT2D eigenvalue weighted by Gasteiger charge is 2.35. The van der Waals surface area contributed by atoms with Crippen LogP contribution in [0.5, 0.6) is 0 Å². The van der Waals surface area contributed by atoms with Gasteiger partial charge in [0.15, 0.2) is 0 Å². The van der Waals surface area contributed by atoms with Gasteiger partial charge in [-0.3, -0.25) is 14.3 Å². The number of rotatable bonds is 5. The van der Waals surface area contributed by atoms with Crippen LogP contribution in [0.4, 0.5) is 5.69 Å². The largest absolute Gasteiger partial charge is 0.481 e. The number of carbonyl (C=O) groups excluding carboxylic acids is 1. The lowest BCUT2D eigenvalue weighted by Crippen LogP contribution is -2.25. The minimum atomic E-state index is -0.921. The maximum atomic E-state index is 11.8. The van der Waals surface area contributed by atoms with E-state index in [0.29, 0.717) is 5.69 Å². The molecule has 1 atom stereocenters. The van der Waals surface area contributed by atoms with Crippen LogP contribution in [0.15, 0.2) is 12.4 Å². The number of likely N-dealkylation sites (N-methyl/N-ethyl adjacent to an activating group) is 1. The minimum Gasteiger partial charge on any atom is -0.481 e. The lowest BCUT2D eigenvalue weighted by Gasteiger charge is -2.13. The Morgan fingerprint density at radius 1 is 1.58 bits per heavy atom. The van der Waals surface area contributed by atoms with Crippen LogP contribution in [0.3, 0.4) is 0 Å². The number of aromatic nitrogens is 2. The second-order valence-corrected chi connectivity index (χ2v) is 5.01. The molecule has 1 fully saturated rings. The van der Waals surface area contributed by atoms with Gasteiger partial charge in [0.2, 0.25) is 5.91 Å². The molecule has 0 radical (unpaired) electrons. The average Bonchev–Trinajstić information content (AvgIpc) is 2.92. The Balaban J connectivity index is 2.02. The molecule has 1 N–H and O–H groups in total. The summed E-state index contributed by atoms with van der Waals surface area (Å²) in [7, 11) is 3.96. The smallest absolute Gasteiger partial charge is 0.308 e. The molecular formula is C12H18N4O3. The molecule has 1 aliphatic heterocycles. The zero-order valence-corrected chi connectivity index (χ0v) is 11.1. The van der Waals surface area contributed by atoms with Crippen LogP contribution < -0.4 is 4.90 Å². The van der Waals surface area contributed by atoms with E-state index in [1.165, 1.54) is 4.90 Å². The van der Waals surface area contributed by atoms with Gasteiger partial charge in [-0.1, -0.05) is 0 Å². The molecule has 0 spiro atoms. The van der Waals surface area contributed by atoms with Gasteiger partial charge in [0.05, 0.1) is 24.3 Å². The molecule has 0 unspecified atom stereocenters. The zero-order chi connectivity index (χ0) is 14.0. The Kier molecular flexibility index (Phi) is 3.84. The normalized spacial score (nSPS) is 19.4. The van der Waals surface area contributed by atoms with E-state index in [1.807, 2.05) is 19.0 Å². The Morgan fingerprint density at radius 2 is 2.32 bits per heavy atom. The molecule has 1 aromatic rings. The molecule has 2 heterocycles. The van der Waals surface area contributed by atoms with Gasteiger partial charge in [-0.2, -0.15) is 5.10 Å². The number of amides is 1. The fourth-order valence-electron chi connectivity index (χ4n) is 2.04. The van der Waals surface area contributed by atoms with Crippen molar-refractivity contribution in [2.75, 3.05) is 32.1 Å². The first-order valence-corrected chi connectivity index (χ1v) is 6.17. The number of carboxylic acid groups (broad SMARTS) is 1. The molecule has 0 saturated carbocycles. The molecule has 2 rings (SSSR count). The summed E-state index contributed by atoms with van der Waals surface area (Å²) in [5, 5.41) is 13.1. The van der Waals surface area contributed by atoms with Gasteiger partial charge in [-0.05, 0) is 14.1 Å². The summed E-state index contributed by atoms with van der Waals surface area (Å²) < 4.78 is 1.76. The molecule has 104 valence electrons. The van der Waals surface area contributed by atoms with E-state index in [1.54, 1.807) is 17.1 Å². The topological polar surface area (TPSA) is 78.7 Å². The van der Waals surface area contributed by atoms with Crippen molar-refractivity contribution >= 4 is 17.6 Å². The molecule has 1 aromatic heterocycles. The van der Waals surface area contributed by atoms with Gasteiger partial charge in [-0.15, -0.1) is 0 Å². The van der Waals surface area contributed by atoms with Gasteiger partial charge in [-0.25, -0.2) is 0 Å². The Labute approximate surface area is 111 Å². The van der Waals surface area contributed by atoms with Crippen LogP contribution in [-0.2, 0) is 16.1 Å². The quantitative estimate of drug-likeness (QED) is 0.804. The molecule has 7 nitrogen and oxygen atoms in total. The summed E-state index contributed by atoms with van der Waals surface area (Å²) >= 11 is 0. The van der Waals surface area contributed by atoms with E-state index in [9.17, 15) is 9.59 Å². The third-order valence-corrected chi connectivity index (χ3v) is 3.18. The SMILES string of the molecule is CN(C)CCn1cc(N2C[C@H](C(=O)O)CC2=O)cn1. The first kappa shape index (κ1) is 13.5. The van der Waals surface area contributed by atoms with E-state index >= 15 is 0 Å². The van der Waals surface area contributed by atoms with Crippen LogP contribution in [-0.4, -0.2) is 58.8 Å². The number of anilines is 1. The van der Waals surface area contributed by atoms with Crippen LogP contribution in [0.25, 0.3) is 0 Å². The van der Waals surface area contributed by atoms with Crippen molar-refractivity contribution in [2.24, 2.45) is 5.92 Å². The summed E-state index contributed by atoms with van der Waals surface area (Å²) in [6, 6.07) is 0. The predicted molar refractivity (Wildman–Crippen MR) is 68.9 cm³/mol. The third kappa shape index (κ3) is 3.11. The molecule has 0 aromatic carbocycles.